The van der Waals surface area contributed by atoms with Crippen molar-refractivity contribution in [2.75, 3.05) is 27.3 Å². The number of rotatable bonds is 6. The van der Waals surface area contributed by atoms with Gasteiger partial charge in [-0.05, 0) is 56.6 Å². The number of likely N-dealkylation sites (tertiary alicyclic amines) is 1. The zero-order valence-corrected chi connectivity index (χ0v) is 17.3. The number of ether oxygens (including phenoxy) is 2. The first-order chi connectivity index (χ1) is 14.5. The van der Waals surface area contributed by atoms with Crippen LogP contribution in [0.15, 0.2) is 28.8 Å². The number of benzene rings is 1. The van der Waals surface area contributed by atoms with Crippen molar-refractivity contribution in [1.29, 1.82) is 0 Å². The summed E-state index contributed by atoms with van der Waals surface area (Å²) in [7, 11) is 3.24. The van der Waals surface area contributed by atoms with Crippen molar-refractivity contribution in [3.05, 3.63) is 46.8 Å². The standard InChI is InChI=1S/C22H25F2N3O3/c1-13-20-16(21(23)24)11-17(25-22(20)30-26-13)15-6-8-27(9-7-15)12-14-4-5-18(28-2)19(10-14)29-3/h4-5,10-11,15,21H,6-9,12H2,1-3H3. The molecule has 1 saturated heterocycles. The Hall–Kier alpha value is -2.74. The average Bonchev–Trinajstić information content (AvgIpc) is 3.14. The van der Waals surface area contributed by atoms with Gasteiger partial charge in [0.1, 0.15) is 0 Å². The summed E-state index contributed by atoms with van der Waals surface area (Å²) in [6.45, 7) is 4.17. The van der Waals surface area contributed by atoms with Crippen LogP contribution in [0.3, 0.4) is 0 Å². The molecule has 0 unspecified atom stereocenters. The SMILES string of the molecule is COc1ccc(CN2CCC(c3cc(C(F)F)c4c(C)noc4n3)CC2)cc1OC. The Morgan fingerprint density at radius 3 is 2.53 bits per heavy atom. The molecule has 2 aromatic heterocycles. The number of pyridine rings is 1. The second kappa shape index (κ2) is 8.55. The van der Waals surface area contributed by atoms with Crippen molar-refractivity contribution in [2.24, 2.45) is 0 Å². The van der Waals surface area contributed by atoms with Crippen molar-refractivity contribution >= 4 is 11.1 Å². The molecule has 1 aromatic carbocycles. The van der Waals surface area contributed by atoms with E-state index in [1.165, 1.54) is 6.07 Å². The molecule has 4 rings (SSSR count). The molecule has 0 atom stereocenters. The Morgan fingerprint density at radius 1 is 1.13 bits per heavy atom. The lowest BCUT2D eigenvalue weighted by Crippen LogP contribution is -2.32. The summed E-state index contributed by atoms with van der Waals surface area (Å²) in [5.41, 5.74) is 2.42. The lowest BCUT2D eigenvalue weighted by atomic mass is 9.91. The van der Waals surface area contributed by atoms with Crippen LogP contribution in [0, 0.1) is 6.92 Å². The minimum absolute atomic E-state index is 0.0403. The molecule has 0 saturated carbocycles. The van der Waals surface area contributed by atoms with E-state index in [2.05, 4.69) is 15.0 Å². The molecule has 0 bridgehead atoms. The van der Waals surface area contributed by atoms with Gasteiger partial charge < -0.3 is 14.0 Å². The van der Waals surface area contributed by atoms with Gasteiger partial charge >= 0.3 is 0 Å². The van der Waals surface area contributed by atoms with E-state index in [4.69, 9.17) is 14.0 Å². The van der Waals surface area contributed by atoms with Gasteiger partial charge in [-0.3, -0.25) is 4.90 Å². The minimum Gasteiger partial charge on any atom is -0.493 e. The highest BCUT2D eigenvalue weighted by atomic mass is 19.3. The summed E-state index contributed by atoms with van der Waals surface area (Å²) in [5.74, 6) is 1.54. The lowest BCUT2D eigenvalue weighted by Gasteiger charge is -2.32. The van der Waals surface area contributed by atoms with Crippen molar-refractivity contribution in [1.82, 2.24) is 15.0 Å². The predicted molar refractivity (Wildman–Crippen MR) is 108 cm³/mol. The van der Waals surface area contributed by atoms with Gasteiger partial charge in [0.05, 0.1) is 25.3 Å². The first kappa shape index (κ1) is 20.5. The maximum absolute atomic E-state index is 13.6. The summed E-state index contributed by atoms with van der Waals surface area (Å²) in [6.07, 6.45) is -0.888. The third kappa shape index (κ3) is 3.96. The van der Waals surface area contributed by atoms with E-state index in [0.29, 0.717) is 28.3 Å². The average molecular weight is 417 g/mol. The highest BCUT2D eigenvalue weighted by Crippen LogP contribution is 2.35. The highest BCUT2D eigenvalue weighted by Gasteiger charge is 2.26. The summed E-state index contributed by atoms with van der Waals surface area (Å²) in [4.78, 5) is 6.85. The molecule has 160 valence electrons. The Bertz CT molecular complexity index is 1030. The first-order valence-electron chi connectivity index (χ1n) is 9.98. The molecule has 0 spiro atoms. The number of piperidine rings is 1. The van der Waals surface area contributed by atoms with Crippen LogP contribution in [0.2, 0.25) is 0 Å². The summed E-state index contributed by atoms with van der Waals surface area (Å²) >= 11 is 0. The van der Waals surface area contributed by atoms with Crippen molar-refractivity contribution in [3.63, 3.8) is 0 Å². The van der Waals surface area contributed by atoms with E-state index in [1.54, 1.807) is 21.1 Å². The van der Waals surface area contributed by atoms with E-state index in [1.807, 2.05) is 18.2 Å². The van der Waals surface area contributed by atoms with Crippen molar-refractivity contribution in [3.8, 4) is 11.5 Å². The number of aromatic nitrogens is 2. The van der Waals surface area contributed by atoms with Crippen LogP contribution in [0.5, 0.6) is 11.5 Å². The van der Waals surface area contributed by atoms with Gasteiger partial charge in [0.2, 0.25) is 0 Å². The van der Waals surface area contributed by atoms with Gasteiger partial charge in [-0.15, -0.1) is 0 Å². The Kier molecular flexibility index (Phi) is 5.85. The molecule has 0 radical (unpaired) electrons. The summed E-state index contributed by atoms with van der Waals surface area (Å²) in [5, 5.41) is 4.15. The van der Waals surface area contributed by atoms with Gasteiger partial charge in [0.25, 0.3) is 12.1 Å². The molecular formula is C22H25F2N3O3. The fourth-order valence-electron chi connectivity index (χ4n) is 4.15. The third-order valence-corrected chi connectivity index (χ3v) is 5.76. The van der Waals surface area contributed by atoms with Gasteiger partial charge in [0, 0.05) is 23.7 Å². The number of aryl methyl sites for hydroxylation is 1. The first-order valence-corrected chi connectivity index (χ1v) is 9.98. The lowest BCUT2D eigenvalue weighted by molar-refractivity contribution is 0.152. The monoisotopic (exact) mass is 417 g/mol. The largest absolute Gasteiger partial charge is 0.493 e. The molecule has 1 aliphatic rings. The van der Waals surface area contributed by atoms with Crippen molar-refractivity contribution < 1.29 is 22.8 Å². The maximum atomic E-state index is 13.6. The number of hydrogen-bond acceptors (Lipinski definition) is 6. The van der Waals surface area contributed by atoms with Crippen LogP contribution in [0.25, 0.3) is 11.1 Å². The van der Waals surface area contributed by atoms with Crippen LogP contribution < -0.4 is 9.47 Å². The Balaban J connectivity index is 1.46. The quantitative estimate of drug-likeness (QED) is 0.571. The van der Waals surface area contributed by atoms with E-state index in [0.717, 1.165) is 38.0 Å². The smallest absolute Gasteiger partial charge is 0.264 e. The maximum Gasteiger partial charge on any atom is 0.264 e. The fourth-order valence-corrected chi connectivity index (χ4v) is 4.15. The molecule has 0 amide bonds. The Morgan fingerprint density at radius 2 is 1.87 bits per heavy atom. The summed E-state index contributed by atoms with van der Waals surface area (Å²) in [6, 6.07) is 7.46. The highest BCUT2D eigenvalue weighted by molar-refractivity contribution is 5.80. The fraction of sp³-hybridized carbons (Fsp3) is 0.455. The number of hydrogen-bond donors (Lipinski definition) is 0. The second-order valence-corrected chi connectivity index (χ2v) is 7.62. The number of methoxy groups -OCH3 is 2. The van der Waals surface area contributed by atoms with E-state index < -0.39 is 6.43 Å². The van der Waals surface area contributed by atoms with Crippen LogP contribution >= 0.6 is 0 Å². The molecule has 30 heavy (non-hydrogen) atoms. The molecule has 1 aliphatic heterocycles. The molecule has 8 heteroatoms. The second-order valence-electron chi connectivity index (χ2n) is 7.62. The zero-order valence-electron chi connectivity index (χ0n) is 17.3. The normalized spacial score (nSPS) is 15.8. The molecule has 0 aliphatic carbocycles. The van der Waals surface area contributed by atoms with Gasteiger partial charge in [-0.25, -0.2) is 13.8 Å². The van der Waals surface area contributed by atoms with Gasteiger partial charge in [-0.1, -0.05) is 11.2 Å². The molecule has 1 fully saturated rings. The van der Waals surface area contributed by atoms with Gasteiger partial charge in [0.15, 0.2) is 11.5 Å². The van der Waals surface area contributed by atoms with Crippen LogP contribution in [-0.4, -0.2) is 42.3 Å². The van der Waals surface area contributed by atoms with Crippen LogP contribution in [0.1, 0.15) is 47.7 Å². The molecular weight excluding hydrogens is 392 g/mol. The minimum atomic E-state index is -2.59. The summed E-state index contributed by atoms with van der Waals surface area (Å²) < 4.78 is 43.1. The molecule has 0 N–H and O–H groups in total. The number of alkyl halides is 2. The van der Waals surface area contributed by atoms with Gasteiger partial charge in [-0.2, -0.15) is 0 Å². The topological polar surface area (TPSA) is 60.6 Å². The van der Waals surface area contributed by atoms with Crippen LogP contribution in [0.4, 0.5) is 8.78 Å². The van der Waals surface area contributed by atoms with Crippen molar-refractivity contribution in [2.45, 2.75) is 38.7 Å². The predicted octanol–water partition coefficient (Wildman–Crippen LogP) is 4.87. The van der Waals surface area contributed by atoms with E-state index >= 15 is 0 Å². The zero-order chi connectivity index (χ0) is 21.3. The number of halogens is 2. The Labute approximate surface area is 173 Å². The molecule has 6 nitrogen and oxygen atoms in total. The molecule has 3 heterocycles. The van der Waals surface area contributed by atoms with E-state index in [9.17, 15) is 8.78 Å². The van der Waals surface area contributed by atoms with Crippen LogP contribution in [-0.2, 0) is 6.54 Å². The number of fused-ring (bicyclic) bond motifs is 1. The number of nitrogens with zero attached hydrogens (tertiary/aromatic N) is 3. The molecule has 3 aromatic rings. The third-order valence-electron chi connectivity index (χ3n) is 5.76. The van der Waals surface area contributed by atoms with E-state index in [-0.39, 0.29) is 17.2 Å².